The van der Waals surface area contributed by atoms with Crippen molar-refractivity contribution in [2.24, 2.45) is 0 Å². The first-order valence-corrected chi connectivity index (χ1v) is 7.34. The summed E-state index contributed by atoms with van der Waals surface area (Å²) in [6, 6.07) is 0. The van der Waals surface area contributed by atoms with E-state index in [-0.39, 0.29) is 30.8 Å². The van der Waals surface area contributed by atoms with Gasteiger partial charge in [-0.25, -0.2) is 0 Å². The van der Waals surface area contributed by atoms with Gasteiger partial charge in [-0.2, -0.15) is 0 Å². The monoisotopic (exact) mass is 271 g/mol. The molecule has 2 saturated heterocycles. The molecule has 2 fully saturated rings. The standard InChI is InChI=1S/C14H25NO4/c1-11-8-15(9-13(10-16)19-11)14(17)6-5-12-4-2-3-7-18-12/h11-13,16H,2-10H2,1H3. The van der Waals surface area contributed by atoms with Gasteiger partial charge in [0, 0.05) is 26.1 Å². The van der Waals surface area contributed by atoms with E-state index in [4.69, 9.17) is 14.6 Å². The number of aliphatic hydroxyl groups is 1. The molecule has 3 unspecified atom stereocenters. The minimum Gasteiger partial charge on any atom is -0.394 e. The second-order valence-corrected chi connectivity index (χ2v) is 5.58. The molecule has 19 heavy (non-hydrogen) atoms. The van der Waals surface area contributed by atoms with E-state index >= 15 is 0 Å². The van der Waals surface area contributed by atoms with Crippen LogP contribution in [0.5, 0.6) is 0 Å². The van der Waals surface area contributed by atoms with Crippen molar-refractivity contribution in [1.82, 2.24) is 4.90 Å². The topological polar surface area (TPSA) is 59.0 Å². The Morgan fingerprint density at radius 2 is 2.16 bits per heavy atom. The Bertz CT molecular complexity index is 291. The van der Waals surface area contributed by atoms with Crippen LogP contribution in [-0.4, -0.2) is 60.5 Å². The molecule has 0 aliphatic carbocycles. The zero-order valence-corrected chi connectivity index (χ0v) is 11.7. The lowest BCUT2D eigenvalue weighted by molar-refractivity contribution is -0.148. The van der Waals surface area contributed by atoms with E-state index in [1.54, 1.807) is 0 Å². The number of rotatable bonds is 4. The lowest BCUT2D eigenvalue weighted by Gasteiger charge is -2.36. The van der Waals surface area contributed by atoms with Crippen molar-refractivity contribution >= 4 is 5.91 Å². The van der Waals surface area contributed by atoms with Gasteiger partial charge in [-0.1, -0.05) is 0 Å². The molecule has 2 heterocycles. The van der Waals surface area contributed by atoms with Crippen LogP contribution in [0.1, 0.15) is 39.0 Å². The van der Waals surface area contributed by atoms with Crippen LogP contribution in [0.4, 0.5) is 0 Å². The van der Waals surface area contributed by atoms with Crippen molar-refractivity contribution in [2.75, 3.05) is 26.3 Å². The molecule has 2 aliphatic rings. The minimum absolute atomic E-state index is 0.000723. The summed E-state index contributed by atoms with van der Waals surface area (Å²) in [6.45, 7) is 3.87. The molecule has 5 heteroatoms. The second-order valence-electron chi connectivity index (χ2n) is 5.58. The summed E-state index contributed by atoms with van der Waals surface area (Å²) >= 11 is 0. The maximum atomic E-state index is 12.2. The molecular formula is C14H25NO4. The molecule has 0 spiro atoms. The number of aliphatic hydroxyl groups excluding tert-OH is 1. The minimum atomic E-state index is -0.237. The molecule has 0 radical (unpaired) electrons. The van der Waals surface area contributed by atoms with Gasteiger partial charge < -0.3 is 19.5 Å². The zero-order chi connectivity index (χ0) is 13.7. The third-order valence-electron chi connectivity index (χ3n) is 3.84. The fourth-order valence-electron chi connectivity index (χ4n) is 2.83. The number of carbonyl (C=O) groups excluding carboxylic acids is 1. The summed E-state index contributed by atoms with van der Waals surface area (Å²) in [5, 5.41) is 9.16. The van der Waals surface area contributed by atoms with Gasteiger partial charge in [0.15, 0.2) is 0 Å². The molecule has 0 aromatic rings. The average molecular weight is 271 g/mol. The van der Waals surface area contributed by atoms with E-state index in [2.05, 4.69) is 0 Å². The molecule has 5 nitrogen and oxygen atoms in total. The van der Waals surface area contributed by atoms with Crippen LogP contribution in [0, 0.1) is 0 Å². The van der Waals surface area contributed by atoms with Gasteiger partial charge in [0.05, 0.1) is 24.9 Å². The Balaban J connectivity index is 1.75. The van der Waals surface area contributed by atoms with E-state index in [9.17, 15) is 4.79 Å². The van der Waals surface area contributed by atoms with Gasteiger partial charge in [-0.05, 0) is 32.6 Å². The predicted molar refractivity (Wildman–Crippen MR) is 70.8 cm³/mol. The molecular weight excluding hydrogens is 246 g/mol. The van der Waals surface area contributed by atoms with Crippen molar-refractivity contribution in [3.05, 3.63) is 0 Å². The number of carbonyl (C=O) groups is 1. The Kier molecular flexibility index (Phi) is 5.60. The third-order valence-corrected chi connectivity index (χ3v) is 3.84. The van der Waals surface area contributed by atoms with Gasteiger partial charge in [-0.3, -0.25) is 4.79 Å². The number of ether oxygens (including phenoxy) is 2. The summed E-state index contributed by atoms with van der Waals surface area (Å²) < 4.78 is 11.2. The molecule has 0 aromatic heterocycles. The number of morpholine rings is 1. The Labute approximate surface area is 114 Å². The maximum absolute atomic E-state index is 12.2. The summed E-state index contributed by atoms with van der Waals surface area (Å²) in [7, 11) is 0. The smallest absolute Gasteiger partial charge is 0.222 e. The lowest BCUT2D eigenvalue weighted by atomic mass is 10.0. The van der Waals surface area contributed by atoms with Crippen molar-refractivity contribution in [3.8, 4) is 0 Å². The van der Waals surface area contributed by atoms with Crippen molar-refractivity contribution < 1.29 is 19.4 Å². The van der Waals surface area contributed by atoms with Crippen LogP contribution in [0.2, 0.25) is 0 Å². The molecule has 1 N–H and O–H groups in total. The first-order valence-electron chi connectivity index (χ1n) is 7.34. The molecule has 2 aliphatic heterocycles. The van der Waals surface area contributed by atoms with Crippen LogP contribution in [0.3, 0.4) is 0 Å². The summed E-state index contributed by atoms with van der Waals surface area (Å²) in [4.78, 5) is 14.0. The molecule has 0 saturated carbocycles. The fourth-order valence-corrected chi connectivity index (χ4v) is 2.83. The second kappa shape index (κ2) is 7.22. The van der Waals surface area contributed by atoms with E-state index < -0.39 is 0 Å². The average Bonchev–Trinajstić information content (AvgIpc) is 2.45. The third kappa shape index (κ3) is 4.44. The van der Waals surface area contributed by atoms with Gasteiger partial charge in [-0.15, -0.1) is 0 Å². The largest absolute Gasteiger partial charge is 0.394 e. The highest BCUT2D eigenvalue weighted by atomic mass is 16.5. The van der Waals surface area contributed by atoms with Crippen molar-refractivity contribution in [2.45, 2.75) is 57.3 Å². The van der Waals surface area contributed by atoms with E-state index in [0.29, 0.717) is 19.5 Å². The van der Waals surface area contributed by atoms with Gasteiger partial charge in [0.2, 0.25) is 5.91 Å². The van der Waals surface area contributed by atoms with Gasteiger partial charge in [0.25, 0.3) is 0 Å². The zero-order valence-electron chi connectivity index (χ0n) is 11.7. The first kappa shape index (κ1) is 14.8. The Morgan fingerprint density at radius 3 is 2.84 bits per heavy atom. The molecule has 0 aromatic carbocycles. The van der Waals surface area contributed by atoms with E-state index in [1.807, 2.05) is 11.8 Å². The lowest BCUT2D eigenvalue weighted by Crippen LogP contribution is -2.50. The fraction of sp³-hybridized carbons (Fsp3) is 0.929. The Morgan fingerprint density at radius 1 is 1.32 bits per heavy atom. The van der Waals surface area contributed by atoms with Gasteiger partial charge >= 0.3 is 0 Å². The molecule has 2 rings (SSSR count). The highest BCUT2D eigenvalue weighted by Crippen LogP contribution is 2.18. The van der Waals surface area contributed by atoms with Crippen molar-refractivity contribution in [1.29, 1.82) is 0 Å². The quantitative estimate of drug-likeness (QED) is 0.827. The van der Waals surface area contributed by atoms with Crippen LogP contribution in [0.25, 0.3) is 0 Å². The van der Waals surface area contributed by atoms with Crippen LogP contribution >= 0.6 is 0 Å². The number of hydrogen-bond donors (Lipinski definition) is 1. The Hall–Kier alpha value is -0.650. The summed E-state index contributed by atoms with van der Waals surface area (Å²) in [5.74, 6) is 0.155. The molecule has 3 atom stereocenters. The highest BCUT2D eigenvalue weighted by molar-refractivity contribution is 5.76. The molecule has 110 valence electrons. The van der Waals surface area contributed by atoms with Crippen LogP contribution < -0.4 is 0 Å². The SMILES string of the molecule is CC1CN(C(=O)CCC2CCCCO2)CC(CO)O1. The first-order chi connectivity index (χ1) is 9.19. The van der Waals surface area contributed by atoms with Gasteiger partial charge in [0.1, 0.15) is 0 Å². The van der Waals surface area contributed by atoms with E-state index in [1.165, 1.54) is 6.42 Å². The number of amides is 1. The molecule has 1 amide bonds. The molecule has 0 bridgehead atoms. The predicted octanol–water partition coefficient (Wildman–Crippen LogP) is 0.944. The number of hydrogen-bond acceptors (Lipinski definition) is 4. The summed E-state index contributed by atoms with van der Waals surface area (Å²) in [6.07, 6.45) is 4.80. The number of nitrogens with zero attached hydrogens (tertiary/aromatic N) is 1. The maximum Gasteiger partial charge on any atom is 0.222 e. The van der Waals surface area contributed by atoms with Crippen molar-refractivity contribution in [3.63, 3.8) is 0 Å². The summed E-state index contributed by atoms with van der Waals surface area (Å²) in [5.41, 5.74) is 0. The van der Waals surface area contributed by atoms with Crippen LogP contribution in [-0.2, 0) is 14.3 Å². The van der Waals surface area contributed by atoms with Crippen LogP contribution in [0.15, 0.2) is 0 Å². The highest BCUT2D eigenvalue weighted by Gasteiger charge is 2.28. The van der Waals surface area contributed by atoms with E-state index in [0.717, 1.165) is 25.9 Å². The normalized spacial score (nSPS) is 32.3.